The van der Waals surface area contributed by atoms with Gasteiger partial charge in [-0.2, -0.15) is 0 Å². The largest absolute Gasteiger partial charge is 0.443 e. The van der Waals surface area contributed by atoms with Gasteiger partial charge < -0.3 is 9.84 Å². The van der Waals surface area contributed by atoms with Crippen molar-refractivity contribution in [1.82, 2.24) is 0 Å². The van der Waals surface area contributed by atoms with Gasteiger partial charge in [0.05, 0.1) is 5.56 Å². The van der Waals surface area contributed by atoms with E-state index in [-0.39, 0.29) is 12.6 Å². The standard InChI is InChI=1S/C13H19NO3/c14-12(9-5-2-6-10-15)17-13(16)11-7-3-1-4-8-11/h1,3-4,7-8,12,15H,2,5-6,9-10,14H2. The molecule has 1 aromatic carbocycles. The highest BCUT2D eigenvalue weighted by Gasteiger charge is 2.11. The van der Waals surface area contributed by atoms with E-state index in [0.717, 1.165) is 19.3 Å². The number of unbranched alkanes of at least 4 members (excludes halogenated alkanes) is 2. The molecule has 0 aliphatic rings. The van der Waals surface area contributed by atoms with Crippen molar-refractivity contribution < 1.29 is 14.6 Å². The number of carbonyl (C=O) groups excluding carboxylic acids is 1. The minimum atomic E-state index is -0.568. The van der Waals surface area contributed by atoms with Gasteiger partial charge in [0.25, 0.3) is 0 Å². The maximum Gasteiger partial charge on any atom is 0.339 e. The monoisotopic (exact) mass is 237 g/mol. The van der Waals surface area contributed by atoms with Gasteiger partial charge in [-0.25, -0.2) is 4.79 Å². The van der Waals surface area contributed by atoms with E-state index in [2.05, 4.69) is 0 Å². The van der Waals surface area contributed by atoms with Gasteiger partial charge in [-0.3, -0.25) is 5.73 Å². The predicted octanol–water partition coefficient (Wildman–Crippen LogP) is 1.68. The number of esters is 1. The summed E-state index contributed by atoms with van der Waals surface area (Å²) in [6.45, 7) is 0.193. The van der Waals surface area contributed by atoms with Crippen LogP contribution in [0.2, 0.25) is 0 Å². The molecular formula is C13H19NO3. The molecule has 4 heteroatoms. The van der Waals surface area contributed by atoms with Gasteiger partial charge in [-0.1, -0.05) is 24.6 Å². The molecule has 1 atom stereocenters. The second kappa shape index (κ2) is 7.81. The van der Waals surface area contributed by atoms with Crippen molar-refractivity contribution in [2.75, 3.05) is 6.61 Å². The average Bonchev–Trinajstić information content (AvgIpc) is 2.36. The first-order chi connectivity index (χ1) is 8.24. The molecule has 0 saturated carbocycles. The van der Waals surface area contributed by atoms with Gasteiger partial charge >= 0.3 is 5.97 Å². The zero-order chi connectivity index (χ0) is 12.5. The molecule has 0 saturated heterocycles. The number of aliphatic hydroxyl groups excluding tert-OH is 1. The van der Waals surface area contributed by atoms with Crippen molar-refractivity contribution >= 4 is 5.97 Å². The number of carbonyl (C=O) groups is 1. The van der Waals surface area contributed by atoms with Crippen molar-refractivity contribution in [3.63, 3.8) is 0 Å². The Morgan fingerprint density at radius 2 is 1.94 bits per heavy atom. The smallest absolute Gasteiger partial charge is 0.339 e. The van der Waals surface area contributed by atoms with Crippen LogP contribution in [0.15, 0.2) is 30.3 Å². The molecule has 0 aliphatic carbocycles. The fraction of sp³-hybridized carbons (Fsp3) is 0.462. The summed E-state index contributed by atoms with van der Waals surface area (Å²) < 4.78 is 5.09. The van der Waals surface area contributed by atoms with Crippen LogP contribution in [-0.2, 0) is 4.74 Å². The topological polar surface area (TPSA) is 72.6 Å². The zero-order valence-electron chi connectivity index (χ0n) is 9.84. The Hall–Kier alpha value is -1.39. The van der Waals surface area contributed by atoms with E-state index in [0.29, 0.717) is 12.0 Å². The summed E-state index contributed by atoms with van der Waals surface area (Å²) in [6.07, 6.45) is 2.57. The van der Waals surface area contributed by atoms with Crippen LogP contribution in [0.1, 0.15) is 36.0 Å². The molecular weight excluding hydrogens is 218 g/mol. The summed E-state index contributed by atoms with van der Waals surface area (Å²) in [5.74, 6) is -0.389. The first kappa shape index (κ1) is 13.7. The summed E-state index contributed by atoms with van der Waals surface area (Å²) in [7, 11) is 0. The first-order valence-electron chi connectivity index (χ1n) is 5.86. The van der Waals surface area contributed by atoms with E-state index in [9.17, 15) is 4.79 Å². The lowest BCUT2D eigenvalue weighted by Gasteiger charge is -2.12. The quantitative estimate of drug-likeness (QED) is 0.430. The van der Waals surface area contributed by atoms with Gasteiger partial charge in [0.15, 0.2) is 6.23 Å². The van der Waals surface area contributed by atoms with E-state index in [1.807, 2.05) is 6.07 Å². The fourth-order valence-electron chi connectivity index (χ4n) is 1.47. The number of hydrogen-bond acceptors (Lipinski definition) is 4. The number of aliphatic hydroxyl groups is 1. The first-order valence-corrected chi connectivity index (χ1v) is 5.86. The van der Waals surface area contributed by atoms with Gasteiger partial charge in [-0.15, -0.1) is 0 Å². The minimum Gasteiger partial charge on any atom is -0.443 e. The third-order valence-electron chi connectivity index (χ3n) is 2.41. The lowest BCUT2D eigenvalue weighted by Crippen LogP contribution is -2.27. The lowest BCUT2D eigenvalue weighted by atomic mass is 10.2. The predicted molar refractivity (Wildman–Crippen MR) is 65.4 cm³/mol. The van der Waals surface area contributed by atoms with Gasteiger partial charge in [0, 0.05) is 6.61 Å². The molecule has 0 bridgehead atoms. The Morgan fingerprint density at radius 3 is 2.59 bits per heavy atom. The van der Waals surface area contributed by atoms with Crippen LogP contribution < -0.4 is 5.73 Å². The average molecular weight is 237 g/mol. The van der Waals surface area contributed by atoms with Gasteiger partial charge in [0.1, 0.15) is 0 Å². The molecule has 0 heterocycles. The van der Waals surface area contributed by atoms with Crippen LogP contribution in [0.3, 0.4) is 0 Å². The molecule has 4 nitrogen and oxygen atoms in total. The number of benzene rings is 1. The van der Waals surface area contributed by atoms with Crippen LogP contribution in [0.4, 0.5) is 0 Å². The third kappa shape index (κ3) is 5.47. The van der Waals surface area contributed by atoms with Crippen molar-refractivity contribution in [1.29, 1.82) is 0 Å². The second-order valence-corrected chi connectivity index (χ2v) is 3.88. The molecule has 0 aromatic heterocycles. The van der Waals surface area contributed by atoms with Crippen LogP contribution in [-0.4, -0.2) is 23.9 Å². The van der Waals surface area contributed by atoms with Crippen LogP contribution in [0, 0.1) is 0 Å². The summed E-state index contributed by atoms with van der Waals surface area (Å²) in [6, 6.07) is 8.79. The molecule has 1 unspecified atom stereocenters. The molecule has 0 fully saturated rings. The van der Waals surface area contributed by atoms with Crippen LogP contribution >= 0.6 is 0 Å². The maximum atomic E-state index is 11.6. The Labute approximate surface area is 101 Å². The van der Waals surface area contributed by atoms with Crippen molar-refractivity contribution in [2.24, 2.45) is 5.73 Å². The van der Waals surface area contributed by atoms with Crippen LogP contribution in [0.25, 0.3) is 0 Å². The maximum absolute atomic E-state index is 11.6. The molecule has 1 aromatic rings. The number of ether oxygens (including phenoxy) is 1. The van der Waals surface area contributed by atoms with E-state index >= 15 is 0 Å². The molecule has 0 spiro atoms. The van der Waals surface area contributed by atoms with Crippen molar-refractivity contribution in [3.8, 4) is 0 Å². The number of hydrogen-bond donors (Lipinski definition) is 2. The fourth-order valence-corrected chi connectivity index (χ4v) is 1.47. The third-order valence-corrected chi connectivity index (χ3v) is 2.41. The summed E-state index contributed by atoms with van der Waals surface area (Å²) in [5.41, 5.74) is 6.20. The van der Waals surface area contributed by atoms with Crippen molar-refractivity contribution in [3.05, 3.63) is 35.9 Å². The molecule has 3 N–H and O–H groups in total. The minimum absolute atomic E-state index is 0.193. The second-order valence-electron chi connectivity index (χ2n) is 3.88. The molecule has 17 heavy (non-hydrogen) atoms. The Balaban J connectivity index is 2.26. The number of nitrogens with two attached hydrogens (primary N) is 1. The zero-order valence-corrected chi connectivity index (χ0v) is 9.84. The summed E-state index contributed by atoms with van der Waals surface area (Å²) >= 11 is 0. The summed E-state index contributed by atoms with van der Waals surface area (Å²) in [4.78, 5) is 11.6. The van der Waals surface area contributed by atoms with Gasteiger partial charge in [-0.05, 0) is 31.4 Å². The van der Waals surface area contributed by atoms with E-state index in [4.69, 9.17) is 15.6 Å². The SMILES string of the molecule is NC(CCCCCO)OC(=O)c1ccccc1. The highest BCUT2D eigenvalue weighted by atomic mass is 16.6. The highest BCUT2D eigenvalue weighted by Crippen LogP contribution is 2.07. The normalized spacial score (nSPS) is 12.1. The molecule has 1 rings (SSSR count). The van der Waals surface area contributed by atoms with Crippen LogP contribution in [0.5, 0.6) is 0 Å². The molecule has 0 amide bonds. The highest BCUT2D eigenvalue weighted by molar-refractivity contribution is 5.89. The van der Waals surface area contributed by atoms with E-state index < -0.39 is 6.23 Å². The number of rotatable bonds is 7. The van der Waals surface area contributed by atoms with Crippen molar-refractivity contribution in [2.45, 2.75) is 31.9 Å². The molecule has 0 aliphatic heterocycles. The molecule has 0 radical (unpaired) electrons. The lowest BCUT2D eigenvalue weighted by molar-refractivity contribution is 0.0291. The Morgan fingerprint density at radius 1 is 1.24 bits per heavy atom. The van der Waals surface area contributed by atoms with E-state index in [1.54, 1.807) is 24.3 Å². The van der Waals surface area contributed by atoms with Gasteiger partial charge in [0.2, 0.25) is 0 Å². The Kier molecular flexibility index (Phi) is 6.29. The molecule has 94 valence electrons. The summed E-state index contributed by atoms with van der Waals surface area (Å²) in [5, 5.41) is 8.61. The van der Waals surface area contributed by atoms with E-state index in [1.165, 1.54) is 0 Å². The Bertz CT molecular complexity index is 327.